The number of benzene rings is 4. The molecule has 0 bridgehead atoms. The topological polar surface area (TPSA) is 9.23 Å². The van der Waals surface area contributed by atoms with Gasteiger partial charge in [-0.1, -0.05) is 93.0 Å². The molecule has 6 rings (SSSR count). The number of methoxy groups -OCH3 is 1. The van der Waals surface area contributed by atoms with Crippen molar-refractivity contribution in [2.24, 2.45) is 5.41 Å². The molecule has 0 aliphatic heterocycles. The van der Waals surface area contributed by atoms with Crippen LogP contribution in [0, 0.1) is 19.3 Å². The lowest BCUT2D eigenvalue weighted by molar-refractivity contribution is 0.133. The van der Waals surface area contributed by atoms with E-state index in [4.69, 9.17) is 4.74 Å². The van der Waals surface area contributed by atoms with Crippen LogP contribution in [0.2, 0.25) is 0 Å². The smallest absolute Gasteiger partial charge is 0.133 e. The Bertz CT molecular complexity index is 1460. The van der Waals surface area contributed by atoms with E-state index >= 15 is 0 Å². The van der Waals surface area contributed by atoms with Gasteiger partial charge in [0.05, 0.1) is 12.0 Å². The second-order valence-corrected chi connectivity index (χ2v) is 12.4. The average Bonchev–Trinajstić information content (AvgIpc) is 3.21. The van der Waals surface area contributed by atoms with Crippen LogP contribution < -0.4 is 4.74 Å². The van der Waals surface area contributed by atoms with Gasteiger partial charge in [0.15, 0.2) is 0 Å². The van der Waals surface area contributed by atoms with Crippen molar-refractivity contribution in [1.29, 1.82) is 0 Å². The minimum Gasteiger partial charge on any atom is -0.496 e. The van der Waals surface area contributed by atoms with E-state index in [0.717, 1.165) is 5.75 Å². The zero-order chi connectivity index (χ0) is 25.8. The van der Waals surface area contributed by atoms with Crippen LogP contribution in [0.5, 0.6) is 5.75 Å². The molecule has 0 aromatic heterocycles. The Morgan fingerprint density at radius 3 is 2.16 bits per heavy atom. The van der Waals surface area contributed by atoms with Gasteiger partial charge in [0.25, 0.3) is 0 Å². The summed E-state index contributed by atoms with van der Waals surface area (Å²) in [4.78, 5) is 2.50. The van der Waals surface area contributed by atoms with E-state index in [2.05, 4.69) is 94.4 Å². The fourth-order valence-corrected chi connectivity index (χ4v) is 8.40. The predicted molar refractivity (Wildman–Crippen MR) is 158 cm³/mol. The fourth-order valence-electron chi connectivity index (χ4n) is 7.30. The van der Waals surface area contributed by atoms with Gasteiger partial charge in [0.2, 0.25) is 0 Å². The fraction of sp³-hybridized carbons (Fsp3) is 0.371. The van der Waals surface area contributed by atoms with E-state index in [1.807, 2.05) is 18.9 Å². The summed E-state index contributed by atoms with van der Waals surface area (Å²) in [6.07, 6.45) is 7.73. The van der Waals surface area contributed by atoms with Crippen molar-refractivity contribution in [3.8, 4) is 16.9 Å². The third-order valence-electron chi connectivity index (χ3n) is 9.82. The number of rotatable bonds is 5. The van der Waals surface area contributed by atoms with Gasteiger partial charge in [-0.05, 0) is 101 Å². The number of hydrogen-bond donors (Lipinski definition) is 0. The second-order valence-electron chi connectivity index (χ2n) is 11.4. The number of ether oxygens (including phenoxy) is 1. The Balaban J connectivity index is 1.51. The summed E-state index contributed by atoms with van der Waals surface area (Å²) in [5, 5.41) is 2.62. The van der Waals surface area contributed by atoms with E-state index < -0.39 is 0 Å². The monoisotopic (exact) mass is 506 g/mol. The Labute approximate surface area is 226 Å². The van der Waals surface area contributed by atoms with Gasteiger partial charge in [-0.2, -0.15) is 0 Å². The lowest BCUT2D eigenvalue weighted by Gasteiger charge is -2.45. The minimum atomic E-state index is 0.146. The van der Waals surface area contributed by atoms with Crippen LogP contribution in [-0.4, -0.2) is 7.11 Å². The van der Waals surface area contributed by atoms with Gasteiger partial charge < -0.3 is 4.74 Å². The van der Waals surface area contributed by atoms with E-state index in [-0.39, 0.29) is 5.41 Å². The van der Waals surface area contributed by atoms with Crippen molar-refractivity contribution >= 4 is 22.5 Å². The van der Waals surface area contributed by atoms with Crippen LogP contribution in [0.4, 0.5) is 0 Å². The molecule has 4 aromatic carbocycles. The summed E-state index contributed by atoms with van der Waals surface area (Å²) in [5.74, 6) is 0.964. The molecule has 1 saturated carbocycles. The molecule has 2 aliphatic carbocycles. The number of hydrogen-bond acceptors (Lipinski definition) is 2. The van der Waals surface area contributed by atoms with Crippen LogP contribution in [0.1, 0.15) is 74.6 Å². The summed E-state index contributed by atoms with van der Waals surface area (Å²) in [7, 11) is 1.81. The van der Waals surface area contributed by atoms with E-state index in [9.17, 15) is 0 Å². The standard InChI is InChI=1S/C35H38OS/c1-6-34(7-2)17-19-35(20-18-34)28-14-9-8-13-26(28)32-27-22-30(36-5)31(21-25(27)15-16-29(32)35)37-33-23(3)11-10-12-24(33)4/h8-16,21-22H,6-7,17-20H2,1-5H3. The van der Waals surface area contributed by atoms with Gasteiger partial charge in [-0.15, -0.1) is 0 Å². The first-order valence-electron chi connectivity index (χ1n) is 13.9. The van der Waals surface area contributed by atoms with Crippen molar-refractivity contribution in [2.45, 2.75) is 81.4 Å². The molecule has 0 amide bonds. The van der Waals surface area contributed by atoms with Crippen LogP contribution in [-0.2, 0) is 5.41 Å². The highest BCUT2D eigenvalue weighted by Crippen LogP contribution is 2.61. The maximum absolute atomic E-state index is 6.03. The first-order chi connectivity index (χ1) is 17.9. The first kappa shape index (κ1) is 24.6. The molecule has 4 aromatic rings. The first-order valence-corrected chi connectivity index (χ1v) is 14.8. The maximum Gasteiger partial charge on any atom is 0.133 e. The number of aryl methyl sites for hydroxylation is 2. The summed E-state index contributed by atoms with van der Waals surface area (Å²) in [6, 6.07) is 25.3. The molecule has 2 aliphatic rings. The van der Waals surface area contributed by atoms with Crippen molar-refractivity contribution < 1.29 is 4.74 Å². The molecule has 0 atom stereocenters. The second kappa shape index (κ2) is 9.24. The van der Waals surface area contributed by atoms with Crippen molar-refractivity contribution in [1.82, 2.24) is 0 Å². The molecule has 190 valence electrons. The zero-order valence-corrected chi connectivity index (χ0v) is 23.7. The Morgan fingerprint density at radius 2 is 1.49 bits per heavy atom. The van der Waals surface area contributed by atoms with Crippen LogP contribution in [0.25, 0.3) is 21.9 Å². The summed E-state index contributed by atoms with van der Waals surface area (Å²) in [6.45, 7) is 9.18. The molecular formula is C35H38OS. The average molecular weight is 507 g/mol. The molecule has 0 N–H and O–H groups in total. The molecule has 0 radical (unpaired) electrons. The molecule has 1 fully saturated rings. The maximum atomic E-state index is 6.03. The quantitative estimate of drug-likeness (QED) is 0.266. The Morgan fingerprint density at radius 1 is 0.784 bits per heavy atom. The van der Waals surface area contributed by atoms with E-state index in [0.29, 0.717) is 5.41 Å². The lowest BCUT2D eigenvalue weighted by atomic mass is 9.58. The SMILES string of the molecule is CCC1(CC)CCC2(CC1)c1ccccc1-c1c2ccc2cc(Sc3c(C)cccc3C)c(OC)cc12. The van der Waals surface area contributed by atoms with Gasteiger partial charge in [-0.3, -0.25) is 0 Å². The highest BCUT2D eigenvalue weighted by Gasteiger charge is 2.48. The predicted octanol–water partition coefficient (Wildman–Crippen LogP) is 10.3. The zero-order valence-electron chi connectivity index (χ0n) is 22.9. The molecule has 37 heavy (non-hydrogen) atoms. The summed E-state index contributed by atoms with van der Waals surface area (Å²) < 4.78 is 6.03. The molecular weight excluding hydrogens is 468 g/mol. The highest BCUT2D eigenvalue weighted by atomic mass is 32.2. The lowest BCUT2D eigenvalue weighted by Crippen LogP contribution is -2.36. The third kappa shape index (κ3) is 3.75. The molecule has 0 heterocycles. The normalized spacial score (nSPS) is 17.1. The largest absolute Gasteiger partial charge is 0.496 e. The van der Waals surface area contributed by atoms with Crippen molar-refractivity contribution in [2.75, 3.05) is 7.11 Å². The van der Waals surface area contributed by atoms with Crippen LogP contribution >= 0.6 is 11.8 Å². The molecule has 0 unspecified atom stereocenters. The van der Waals surface area contributed by atoms with Gasteiger partial charge in [0, 0.05) is 10.3 Å². The van der Waals surface area contributed by atoms with Gasteiger partial charge in [-0.25, -0.2) is 0 Å². The molecule has 1 nitrogen and oxygen atoms in total. The van der Waals surface area contributed by atoms with Crippen LogP contribution in [0.3, 0.4) is 0 Å². The molecule has 1 spiro atoms. The van der Waals surface area contributed by atoms with Gasteiger partial charge >= 0.3 is 0 Å². The van der Waals surface area contributed by atoms with E-state index in [1.165, 1.54) is 81.3 Å². The summed E-state index contributed by atoms with van der Waals surface area (Å²) in [5.41, 5.74) is 9.24. The van der Waals surface area contributed by atoms with Crippen LogP contribution in [0.15, 0.2) is 76.5 Å². The van der Waals surface area contributed by atoms with Crippen molar-refractivity contribution in [3.63, 3.8) is 0 Å². The number of fused-ring (bicyclic) bond motifs is 7. The third-order valence-corrected chi connectivity index (χ3v) is 11.2. The van der Waals surface area contributed by atoms with E-state index in [1.54, 1.807) is 11.1 Å². The Kier molecular flexibility index (Phi) is 6.15. The summed E-state index contributed by atoms with van der Waals surface area (Å²) >= 11 is 1.83. The molecule has 0 saturated heterocycles. The minimum absolute atomic E-state index is 0.146. The van der Waals surface area contributed by atoms with Crippen molar-refractivity contribution in [3.05, 3.63) is 89.0 Å². The molecule has 2 heteroatoms. The highest BCUT2D eigenvalue weighted by molar-refractivity contribution is 7.99. The Hall–Kier alpha value is -2.71. The van der Waals surface area contributed by atoms with Gasteiger partial charge in [0.1, 0.15) is 5.75 Å².